The summed E-state index contributed by atoms with van der Waals surface area (Å²) >= 11 is 0. The van der Waals surface area contributed by atoms with Crippen LogP contribution in [-0.2, 0) is 20.8 Å². The van der Waals surface area contributed by atoms with Crippen molar-refractivity contribution in [2.45, 2.75) is 44.2 Å². The highest BCUT2D eigenvalue weighted by Crippen LogP contribution is 2.38. The van der Waals surface area contributed by atoms with Crippen molar-refractivity contribution >= 4 is 5.91 Å². The van der Waals surface area contributed by atoms with Gasteiger partial charge in [-0.25, -0.2) is 0 Å². The lowest BCUT2D eigenvalue weighted by Crippen LogP contribution is -2.29. The molecule has 0 unspecified atom stereocenters. The SMILES string of the molecule is O=C(COC[C@H]1CCCO1)NCc1noc(C2CC2)n1. The summed E-state index contributed by atoms with van der Waals surface area (Å²) in [5, 5.41) is 6.54. The van der Waals surface area contributed by atoms with Gasteiger partial charge in [-0.05, 0) is 25.7 Å². The molecular weight excluding hydrogens is 262 g/mol. The molecule has 1 amide bonds. The highest BCUT2D eigenvalue weighted by Gasteiger charge is 2.29. The number of carbonyl (C=O) groups is 1. The molecule has 1 aromatic heterocycles. The fourth-order valence-corrected chi connectivity index (χ4v) is 2.12. The monoisotopic (exact) mass is 281 g/mol. The number of rotatable bonds is 7. The lowest BCUT2D eigenvalue weighted by Gasteiger charge is -2.09. The lowest BCUT2D eigenvalue weighted by molar-refractivity contribution is -0.127. The van der Waals surface area contributed by atoms with E-state index < -0.39 is 0 Å². The van der Waals surface area contributed by atoms with Crippen LogP contribution in [0.3, 0.4) is 0 Å². The Bertz CT molecular complexity index is 452. The quantitative estimate of drug-likeness (QED) is 0.794. The van der Waals surface area contributed by atoms with Crippen LogP contribution in [-0.4, -0.2) is 42.0 Å². The summed E-state index contributed by atoms with van der Waals surface area (Å²) in [5.74, 6) is 1.45. The summed E-state index contributed by atoms with van der Waals surface area (Å²) in [7, 11) is 0. The predicted octanol–water partition coefficient (Wildman–Crippen LogP) is 0.759. The van der Waals surface area contributed by atoms with Crippen LogP contribution in [0.1, 0.15) is 43.3 Å². The first-order valence-corrected chi connectivity index (χ1v) is 7.10. The van der Waals surface area contributed by atoms with Crippen molar-refractivity contribution in [1.29, 1.82) is 0 Å². The Kier molecular flexibility index (Phi) is 4.27. The van der Waals surface area contributed by atoms with Gasteiger partial charge in [-0.15, -0.1) is 0 Å². The van der Waals surface area contributed by atoms with Crippen molar-refractivity contribution < 1.29 is 18.8 Å². The molecule has 3 rings (SSSR count). The first-order valence-electron chi connectivity index (χ1n) is 7.10. The first kappa shape index (κ1) is 13.5. The van der Waals surface area contributed by atoms with Gasteiger partial charge in [0.25, 0.3) is 0 Å². The van der Waals surface area contributed by atoms with E-state index in [1.807, 2.05) is 0 Å². The molecule has 110 valence electrons. The summed E-state index contributed by atoms with van der Waals surface area (Å²) in [6.07, 6.45) is 4.45. The van der Waals surface area contributed by atoms with E-state index in [0.717, 1.165) is 32.3 Å². The van der Waals surface area contributed by atoms with Gasteiger partial charge in [-0.1, -0.05) is 5.16 Å². The summed E-state index contributed by atoms with van der Waals surface area (Å²) in [6, 6.07) is 0. The minimum atomic E-state index is -0.180. The third kappa shape index (κ3) is 3.77. The van der Waals surface area contributed by atoms with Gasteiger partial charge in [0, 0.05) is 12.5 Å². The summed E-state index contributed by atoms with van der Waals surface area (Å²) in [6.45, 7) is 1.58. The molecule has 7 heteroatoms. The third-order valence-electron chi connectivity index (χ3n) is 3.41. The van der Waals surface area contributed by atoms with Crippen LogP contribution in [0.5, 0.6) is 0 Å². The van der Waals surface area contributed by atoms with Crippen LogP contribution in [0.25, 0.3) is 0 Å². The molecule has 20 heavy (non-hydrogen) atoms. The molecule has 2 aliphatic rings. The number of aromatic nitrogens is 2. The molecule has 0 spiro atoms. The number of hydrogen-bond donors (Lipinski definition) is 1. The van der Waals surface area contributed by atoms with E-state index in [4.69, 9.17) is 14.0 Å². The molecule has 7 nitrogen and oxygen atoms in total. The second kappa shape index (κ2) is 6.32. The molecule has 1 saturated carbocycles. The van der Waals surface area contributed by atoms with Crippen LogP contribution in [0.15, 0.2) is 4.52 Å². The van der Waals surface area contributed by atoms with E-state index in [2.05, 4.69) is 15.5 Å². The van der Waals surface area contributed by atoms with Crippen molar-refractivity contribution in [1.82, 2.24) is 15.5 Å². The molecule has 1 N–H and O–H groups in total. The summed E-state index contributed by atoms with van der Waals surface area (Å²) < 4.78 is 15.8. The molecule has 1 saturated heterocycles. The summed E-state index contributed by atoms with van der Waals surface area (Å²) in [4.78, 5) is 15.8. The van der Waals surface area contributed by atoms with Gasteiger partial charge in [0.2, 0.25) is 11.8 Å². The van der Waals surface area contributed by atoms with Gasteiger partial charge in [0.15, 0.2) is 5.82 Å². The first-order chi connectivity index (χ1) is 9.81. The lowest BCUT2D eigenvalue weighted by atomic mass is 10.2. The minimum Gasteiger partial charge on any atom is -0.376 e. The molecule has 2 fully saturated rings. The second-order valence-electron chi connectivity index (χ2n) is 5.25. The average Bonchev–Trinajstić information content (AvgIpc) is 2.98. The second-order valence-corrected chi connectivity index (χ2v) is 5.25. The minimum absolute atomic E-state index is 0.0349. The number of hydrogen-bond acceptors (Lipinski definition) is 6. The Labute approximate surface area is 117 Å². The van der Waals surface area contributed by atoms with E-state index in [-0.39, 0.29) is 25.2 Å². The van der Waals surface area contributed by atoms with E-state index in [9.17, 15) is 4.79 Å². The van der Waals surface area contributed by atoms with Gasteiger partial charge < -0.3 is 19.3 Å². The van der Waals surface area contributed by atoms with Gasteiger partial charge in [-0.3, -0.25) is 4.79 Å². The maximum Gasteiger partial charge on any atom is 0.246 e. The zero-order chi connectivity index (χ0) is 13.8. The van der Waals surface area contributed by atoms with E-state index in [1.165, 1.54) is 0 Å². The average molecular weight is 281 g/mol. The predicted molar refractivity (Wildman–Crippen MR) is 67.9 cm³/mol. The fourth-order valence-electron chi connectivity index (χ4n) is 2.12. The molecule has 0 aromatic carbocycles. The van der Waals surface area contributed by atoms with Crippen LogP contribution >= 0.6 is 0 Å². The molecule has 1 atom stereocenters. The zero-order valence-electron chi connectivity index (χ0n) is 11.3. The maximum atomic E-state index is 11.6. The van der Waals surface area contributed by atoms with E-state index >= 15 is 0 Å². The van der Waals surface area contributed by atoms with Crippen LogP contribution in [0.2, 0.25) is 0 Å². The topological polar surface area (TPSA) is 86.5 Å². The standard InChI is InChI=1S/C13H19N3O4/c17-12(8-18-7-10-2-1-5-19-10)14-6-11-15-13(20-16-11)9-3-4-9/h9-10H,1-8H2,(H,14,17)/t10-/m1/s1. The highest BCUT2D eigenvalue weighted by atomic mass is 16.5. The van der Waals surface area contributed by atoms with Crippen molar-refractivity contribution in [2.24, 2.45) is 0 Å². The molecule has 0 bridgehead atoms. The Hall–Kier alpha value is -1.47. The molecule has 1 aliphatic heterocycles. The number of nitrogens with one attached hydrogen (secondary N) is 1. The number of ether oxygens (including phenoxy) is 2. The van der Waals surface area contributed by atoms with Crippen LogP contribution in [0, 0.1) is 0 Å². The normalized spacial score (nSPS) is 22.1. The highest BCUT2D eigenvalue weighted by molar-refractivity contribution is 5.77. The zero-order valence-corrected chi connectivity index (χ0v) is 11.3. The Morgan fingerprint density at radius 1 is 1.40 bits per heavy atom. The van der Waals surface area contributed by atoms with Crippen LogP contribution < -0.4 is 5.32 Å². The maximum absolute atomic E-state index is 11.6. The fraction of sp³-hybridized carbons (Fsp3) is 0.769. The van der Waals surface area contributed by atoms with Crippen LogP contribution in [0.4, 0.5) is 0 Å². The van der Waals surface area contributed by atoms with Gasteiger partial charge in [-0.2, -0.15) is 4.98 Å². The molecule has 0 radical (unpaired) electrons. The largest absolute Gasteiger partial charge is 0.376 e. The molecule has 1 aliphatic carbocycles. The van der Waals surface area contributed by atoms with E-state index in [0.29, 0.717) is 24.2 Å². The van der Waals surface area contributed by atoms with Crippen molar-refractivity contribution in [3.63, 3.8) is 0 Å². The van der Waals surface area contributed by atoms with Crippen molar-refractivity contribution in [3.05, 3.63) is 11.7 Å². The smallest absolute Gasteiger partial charge is 0.246 e. The molecule has 2 heterocycles. The third-order valence-corrected chi connectivity index (χ3v) is 3.41. The van der Waals surface area contributed by atoms with Gasteiger partial charge in [0.05, 0.1) is 19.3 Å². The molecule has 1 aromatic rings. The Morgan fingerprint density at radius 3 is 3.05 bits per heavy atom. The van der Waals surface area contributed by atoms with Gasteiger partial charge in [0.1, 0.15) is 6.61 Å². The summed E-state index contributed by atoms with van der Waals surface area (Å²) in [5.41, 5.74) is 0. The number of carbonyl (C=O) groups excluding carboxylic acids is 1. The number of nitrogens with zero attached hydrogens (tertiary/aromatic N) is 2. The van der Waals surface area contributed by atoms with Crippen molar-refractivity contribution in [2.75, 3.05) is 19.8 Å². The van der Waals surface area contributed by atoms with E-state index in [1.54, 1.807) is 0 Å². The Morgan fingerprint density at radius 2 is 2.30 bits per heavy atom. The van der Waals surface area contributed by atoms with Gasteiger partial charge >= 0.3 is 0 Å². The van der Waals surface area contributed by atoms with Crippen molar-refractivity contribution in [3.8, 4) is 0 Å². The molecular formula is C13H19N3O4. The number of amides is 1. The Balaban J connectivity index is 1.31.